The molecule has 2 aromatic rings. The zero-order valence-corrected chi connectivity index (χ0v) is 9.64. The van der Waals surface area contributed by atoms with Crippen molar-refractivity contribution in [2.24, 2.45) is 0 Å². The van der Waals surface area contributed by atoms with Crippen molar-refractivity contribution in [2.75, 3.05) is 11.1 Å². The van der Waals surface area contributed by atoms with Gasteiger partial charge in [-0.25, -0.2) is 4.98 Å². The summed E-state index contributed by atoms with van der Waals surface area (Å²) in [7, 11) is 0. The molecule has 2 rings (SSSR count). The molecule has 2 aromatic heterocycles. The van der Waals surface area contributed by atoms with Crippen LogP contribution in [-0.2, 0) is 12.8 Å². The highest BCUT2D eigenvalue weighted by atomic mass is 16.4. The van der Waals surface area contributed by atoms with E-state index in [-0.39, 0.29) is 12.0 Å². The first-order valence-corrected chi connectivity index (χ1v) is 5.31. The van der Waals surface area contributed by atoms with Crippen LogP contribution in [0.1, 0.15) is 25.2 Å². The number of nitrogens with one attached hydrogen (secondary N) is 1. The van der Waals surface area contributed by atoms with Crippen molar-refractivity contribution in [1.82, 2.24) is 25.4 Å². The lowest BCUT2D eigenvalue weighted by molar-refractivity contribution is 0.591. The second kappa shape index (κ2) is 4.73. The van der Waals surface area contributed by atoms with E-state index in [1.54, 1.807) is 0 Å². The average Bonchev–Trinajstić information content (AvgIpc) is 2.74. The molecule has 2 heterocycles. The molecule has 0 aliphatic heterocycles. The van der Waals surface area contributed by atoms with Crippen LogP contribution >= 0.6 is 0 Å². The van der Waals surface area contributed by atoms with E-state index in [4.69, 9.17) is 10.2 Å². The molecule has 0 aliphatic rings. The van der Waals surface area contributed by atoms with Crippen molar-refractivity contribution in [3.05, 3.63) is 11.4 Å². The van der Waals surface area contributed by atoms with Crippen molar-refractivity contribution in [1.29, 1.82) is 0 Å². The Bertz CT molecular complexity index is 510. The third kappa shape index (κ3) is 2.47. The number of rotatable bonds is 4. The lowest BCUT2D eigenvalue weighted by atomic mass is 10.2. The highest BCUT2D eigenvalue weighted by Crippen LogP contribution is 2.13. The minimum absolute atomic E-state index is 0.0126. The van der Waals surface area contributed by atoms with Crippen LogP contribution in [0.15, 0.2) is 4.42 Å². The fourth-order valence-corrected chi connectivity index (χ4v) is 1.37. The van der Waals surface area contributed by atoms with Gasteiger partial charge in [-0.15, -0.1) is 10.2 Å². The number of nitrogen functional groups attached to an aromatic ring is 1. The van der Waals surface area contributed by atoms with Gasteiger partial charge < -0.3 is 10.2 Å². The van der Waals surface area contributed by atoms with Crippen LogP contribution in [0, 0.1) is 0 Å². The molecule has 0 aliphatic carbocycles. The molecule has 0 radical (unpaired) electrons. The van der Waals surface area contributed by atoms with Gasteiger partial charge in [-0.3, -0.25) is 5.32 Å². The summed E-state index contributed by atoms with van der Waals surface area (Å²) < 4.78 is 4.95. The Kier molecular flexibility index (Phi) is 3.12. The van der Waals surface area contributed by atoms with E-state index in [1.165, 1.54) is 0 Å². The van der Waals surface area contributed by atoms with Gasteiger partial charge in [0.25, 0.3) is 5.95 Å². The summed E-state index contributed by atoms with van der Waals surface area (Å²) in [6.45, 7) is 4.02. The van der Waals surface area contributed by atoms with Crippen LogP contribution in [0.2, 0.25) is 0 Å². The van der Waals surface area contributed by atoms with Crippen LogP contribution in [0.4, 0.5) is 18.0 Å². The quantitative estimate of drug-likeness (QED) is 0.795. The molecule has 0 saturated heterocycles. The van der Waals surface area contributed by atoms with Gasteiger partial charge in [-0.2, -0.15) is 0 Å². The number of aromatic nitrogens is 5. The Morgan fingerprint density at radius 2 is 1.82 bits per heavy atom. The maximum Gasteiger partial charge on any atom is 0.323 e. The normalized spacial score (nSPS) is 10.5. The fraction of sp³-hybridized carbons (Fsp3) is 0.444. The summed E-state index contributed by atoms with van der Waals surface area (Å²) in [5, 5.41) is 17.9. The van der Waals surface area contributed by atoms with Gasteiger partial charge in [0.1, 0.15) is 0 Å². The first kappa shape index (κ1) is 11.2. The second-order valence-corrected chi connectivity index (χ2v) is 3.31. The number of aryl methyl sites for hydroxylation is 2. The summed E-state index contributed by atoms with van der Waals surface area (Å²) in [4.78, 5) is 4.31. The van der Waals surface area contributed by atoms with Gasteiger partial charge in [0, 0.05) is 0 Å². The number of hydrogen-bond donors (Lipinski definition) is 2. The standard InChI is InChI=1S/C9H13N7O/c1-3-5-6(4-2)13-15-8(11-5)12-9-16-14-7(10)17-9/h3-4H2,1-2H3,(H2,10,14)(H,11,12,15,16). The minimum Gasteiger partial charge on any atom is -0.389 e. The zero-order chi connectivity index (χ0) is 12.3. The van der Waals surface area contributed by atoms with Crippen LogP contribution in [0.3, 0.4) is 0 Å². The predicted molar refractivity (Wildman–Crippen MR) is 60.6 cm³/mol. The van der Waals surface area contributed by atoms with Gasteiger partial charge in [0.2, 0.25) is 0 Å². The molecular formula is C9H13N7O. The van der Waals surface area contributed by atoms with Gasteiger partial charge in [-0.05, 0) is 12.8 Å². The molecule has 8 nitrogen and oxygen atoms in total. The van der Waals surface area contributed by atoms with E-state index in [1.807, 2.05) is 13.8 Å². The molecule has 90 valence electrons. The molecule has 0 bridgehead atoms. The maximum atomic E-state index is 5.30. The lowest BCUT2D eigenvalue weighted by Crippen LogP contribution is -2.06. The van der Waals surface area contributed by atoms with E-state index >= 15 is 0 Å². The van der Waals surface area contributed by atoms with Crippen LogP contribution in [0.5, 0.6) is 0 Å². The molecule has 3 N–H and O–H groups in total. The SMILES string of the molecule is CCc1nnc(Nc2nnc(N)o2)nc1CC. The van der Waals surface area contributed by atoms with Gasteiger partial charge >= 0.3 is 12.0 Å². The van der Waals surface area contributed by atoms with Crippen LogP contribution in [0.25, 0.3) is 0 Å². The largest absolute Gasteiger partial charge is 0.389 e. The monoisotopic (exact) mass is 235 g/mol. The Morgan fingerprint density at radius 1 is 1.06 bits per heavy atom. The highest BCUT2D eigenvalue weighted by molar-refractivity contribution is 5.40. The van der Waals surface area contributed by atoms with Crippen molar-refractivity contribution >= 4 is 18.0 Å². The Balaban J connectivity index is 2.22. The molecule has 0 fully saturated rings. The van der Waals surface area contributed by atoms with E-state index in [9.17, 15) is 0 Å². The summed E-state index contributed by atoms with van der Waals surface area (Å²) in [6, 6.07) is 0.136. The first-order chi connectivity index (χ1) is 8.22. The number of nitrogens with two attached hydrogens (primary N) is 1. The molecule has 0 saturated carbocycles. The van der Waals surface area contributed by atoms with Crippen LogP contribution < -0.4 is 11.1 Å². The Morgan fingerprint density at radius 3 is 2.41 bits per heavy atom. The second-order valence-electron chi connectivity index (χ2n) is 3.31. The van der Waals surface area contributed by atoms with Gasteiger partial charge in [0.05, 0.1) is 11.4 Å². The first-order valence-electron chi connectivity index (χ1n) is 5.31. The zero-order valence-electron chi connectivity index (χ0n) is 9.64. The van der Waals surface area contributed by atoms with E-state index in [0.29, 0.717) is 5.95 Å². The van der Waals surface area contributed by atoms with Crippen LogP contribution in [-0.4, -0.2) is 25.4 Å². The predicted octanol–water partition coefficient (Wildman–Crippen LogP) is 0.705. The van der Waals surface area contributed by atoms with Crippen molar-refractivity contribution in [3.63, 3.8) is 0 Å². The third-order valence-corrected chi connectivity index (χ3v) is 2.17. The summed E-state index contributed by atoms with van der Waals surface area (Å²) >= 11 is 0. The van der Waals surface area contributed by atoms with E-state index < -0.39 is 0 Å². The molecular weight excluding hydrogens is 222 g/mol. The van der Waals surface area contributed by atoms with E-state index in [2.05, 4.69) is 30.7 Å². The topological polar surface area (TPSA) is 116 Å². The van der Waals surface area contributed by atoms with Gasteiger partial charge in [0.15, 0.2) is 0 Å². The molecule has 0 aromatic carbocycles. The Labute approximate surface area is 97.7 Å². The molecule has 8 heteroatoms. The smallest absolute Gasteiger partial charge is 0.323 e. The van der Waals surface area contributed by atoms with Crippen molar-refractivity contribution in [3.8, 4) is 0 Å². The summed E-state index contributed by atoms with van der Waals surface area (Å²) in [5.41, 5.74) is 7.09. The number of nitrogens with zero attached hydrogens (tertiary/aromatic N) is 5. The lowest BCUT2D eigenvalue weighted by Gasteiger charge is -2.04. The van der Waals surface area contributed by atoms with Gasteiger partial charge in [-0.1, -0.05) is 24.0 Å². The molecule has 0 unspecified atom stereocenters. The Hall–Kier alpha value is -2.25. The third-order valence-electron chi connectivity index (χ3n) is 2.17. The van der Waals surface area contributed by atoms with Crippen molar-refractivity contribution in [2.45, 2.75) is 26.7 Å². The molecule has 0 amide bonds. The average molecular weight is 235 g/mol. The summed E-state index contributed by atoms with van der Waals surface area (Å²) in [5.74, 6) is 0.322. The molecule has 0 spiro atoms. The highest BCUT2D eigenvalue weighted by Gasteiger charge is 2.09. The van der Waals surface area contributed by atoms with Crippen molar-refractivity contribution < 1.29 is 4.42 Å². The maximum absolute atomic E-state index is 5.30. The summed E-state index contributed by atoms with van der Waals surface area (Å²) in [6.07, 6.45) is 1.59. The number of hydrogen-bond acceptors (Lipinski definition) is 8. The minimum atomic E-state index is -0.0126. The fourth-order valence-electron chi connectivity index (χ4n) is 1.37. The molecule has 17 heavy (non-hydrogen) atoms. The molecule has 0 atom stereocenters. The van der Waals surface area contributed by atoms with E-state index in [0.717, 1.165) is 24.2 Å². The number of anilines is 3.